The highest BCUT2D eigenvalue weighted by molar-refractivity contribution is 7.91. The maximum Gasteiger partial charge on any atom is 0.150 e. The second kappa shape index (κ2) is 3.13. The smallest absolute Gasteiger partial charge is 0.150 e. The van der Waals surface area contributed by atoms with Crippen molar-refractivity contribution < 1.29 is 8.42 Å². The van der Waals surface area contributed by atoms with Gasteiger partial charge in [0.15, 0.2) is 9.84 Å². The minimum absolute atomic E-state index is 0.421. The van der Waals surface area contributed by atoms with Gasteiger partial charge in [-0.2, -0.15) is 0 Å². The van der Waals surface area contributed by atoms with Crippen LogP contribution in [-0.4, -0.2) is 19.9 Å². The molecule has 3 heteroatoms. The summed E-state index contributed by atoms with van der Waals surface area (Å²) in [5, 5.41) is 0. The van der Waals surface area contributed by atoms with Crippen LogP contribution in [0.4, 0.5) is 0 Å². The first-order valence-corrected chi connectivity index (χ1v) is 6.02. The molecule has 0 spiro atoms. The van der Waals surface area contributed by atoms with Crippen molar-refractivity contribution in [2.24, 2.45) is 11.8 Å². The summed E-state index contributed by atoms with van der Waals surface area (Å²) in [4.78, 5) is 0. The fourth-order valence-electron chi connectivity index (χ4n) is 1.72. The third-order valence-corrected chi connectivity index (χ3v) is 3.97. The predicted molar refractivity (Wildman–Crippen MR) is 46.2 cm³/mol. The number of sulfone groups is 1. The van der Waals surface area contributed by atoms with Gasteiger partial charge in [-0.15, -0.1) is 0 Å². The van der Waals surface area contributed by atoms with Crippen LogP contribution in [-0.2, 0) is 9.84 Å². The van der Waals surface area contributed by atoms with Gasteiger partial charge in [0.25, 0.3) is 0 Å². The van der Waals surface area contributed by atoms with E-state index in [4.69, 9.17) is 0 Å². The van der Waals surface area contributed by atoms with E-state index in [0.29, 0.717) is 23.3 Å². The Bertz CT molecular complexity index is 216. The van der Waals surface area contributed by atoms with Crippen LogP contribution in [0.15, 0.2) is 0 Å². The molecule has 0 aromatic rings. The first kappa shape index (κ1) is 9.04. The highest BCUT2D eigenvalue weighted by atomic mass is 32.2. The summed E-state index contributed by atoms with van der Waals surface area (Å²) in [5.41, 5.74) is 0. The molecular formula is C8H16O2S. The summed E-state index contributed by atoms with van der Waals surface area (Å²) in [6.07, 6.45) is 1.96. The third kappa shape index (κ3) is 2.81. The monoisotopic (exact) mass is 176 g/mol. The highest BCUT2D eigenvalue weighted by Gasteiger charge is 2.27. The first-order chi connectivity index (χ1) is 4.99. The van der Waals surface area contributed by atoms with E-state index in [2.05, 4.69) is 13.8 Å². The molecule has 1 heterocycles. The van der Waals surface area contributed by atoms with Gasteiger partial charge >= 0.3 is 0 Å². The van der Waals surface area contributed by atoms with Crippen LogP contribution >= 0.6 is 0 Å². The quantitative estimate of drug-likeness (QED) is 0.638. The van der Waals surface area contributed by atoms with Gasteiger partial charge in [-0.05, 0) is 24.7 Å². The van der Waals surface area contributed by atoms with E-state index in [-0.39, 0.29) is 0 Å². The Balaban J connectivity index is 2.43. The largest absolute Gasteiger partial charge is 0.229 e. The molecule has 0 bridgehead atoms. The van der Waals surface area contributed by atoms with Crippen molar-refractivity contribution in [1.29, 1.82) is 0 Å². The van der Waals surface area contributed by atoms with Crippen molar-refractivity contribution in [3.8, 4) is 0 Å². The molecule has 1 rings (SSSR count). The Hall–Kier alpha value is -0.0500. The van der Waals surface area contributed by atoms with Gasteiger partial charge < -0.3 is 0 Å². The average Bonchev–Trinajstić information content (AvgIpc) is 2.08. The van der Waals surface area contributed by atoms with E-state index >= 15 is 0 Å². The van der Waals surface area contributed by atoms with Crippen molar-refractivity contribution >= 4 is 9.84 Å². The van der Waals surface area contributed by atoms with Crippen LogP contribution in [0.1, 0.15) is 26.7 Å². The lowest BCUT2D eigenvalue weighted by molar-refractivity contribution is 0.446. The van der Waals surface area contributed by atoms with Crippen LogP contribution in [0.3, 0.4) is 0 Å². The first-order valence-electron chi connectivity index (χ1n) is 4.20. The molecule has 1 aliphatic rings. The van der Waals surface area contributed by atoms with Crippen molar-refractivity contribution in [2.75, 3.05) is 11.5 Å². The number of hydrogen-bond acceptors (Lipinski definition) is 2. The van der Waals surface area contributed by atoms with Crippen LogP contribution in [0.2, 0.25) is 0 Å². The second-order valence-electron chi connectivity index (χ2n) is 3.90. The molecule has 66 valence electrons. The summed E-state index contributed by atoms with van der Waals surface area (Å²) in [6, 6.07) is 0. The molecule has 1 aliphatic heterocycles. The topological polar surface area (TPSA) is 34.1 Å². The standard InChI is InChI=1S/C8H16O2S/c1-7(2)5-8-3-4-11(9,10)6-8/h7-8H,3-6H2,1-2H3/t8-/m0/s1. The Morgan fingerprint density at radius 2 is 2.09 bits per heavy atom. The summed E-state index contributed by atoms with van der Waals surface area (Å²) in [6.45, 7) is 4.29. The molecule has 11 heavy (non-hydrogen) atoms. The SMILES string of the molecule is CC(C)C[C@@H]1CCS(=O)(=O)C1. The molecule has 0 aliphatic carbocycles. The van der Waals surface area contributed by atoms with E-state index in [9.17, 15) is 8.42 Å². The van der Waals surface area contributed by atoms with E-state index < -0.39 is 9.84 Å². The van der Waals surface area contributed by atoms with Crippen LogP contribution in [0, 0.1) is 11.8 Å². The lowest BCUT2D eigenvalue weighted by Crippen LogP contribution is -2.07. The molecule has 0 aromatic heterocycles. The normalized spacial score (nSPS) is 29.5. The minimum Gasteiger partial charge on any atom is -0.229 e. The molecule has 0 aromatic carbocycles. The van der Waals surface area contributed by atoms with Crippen LogP contribution < -0.4 is 0 Å². The van der Waals surface area contributed by atoms with Gasteiger partial charge in [-0.25, -0.2) is 8.42 Å². The van der Waals surface area contributed by atoms with Gasteiger partial charge in [-0.1, -0.05) is 13.8 Å². The molecule has 2 nitrogen and oxygen atoms in total. The van der Waals surface area contributed by atoms with Gasteiger partial charge in [0.05, 0.1) is 11.5 Å². The molecule has 1 saturated heterocycles. The van der Waals surface area contributed by atoms with Gasteiger partial charge in [0, 0.05) is 0 Å². The second-order valence-corrected chi connectivity index (χ2v) is 6.13. The molecule has 0 N–H and O–H groups in total. The van der Waals surface area contributed by atoms with Crippen molar-refractivity contribution in [1.82, 2.24) is 0 Å². The summed E-state index contributed by atoms with van der Waals surface area (Å²) in [5.74, 6) is 1.93. The van der Waals surface area contributed by atoms with Crippen molar-refractivity contribution in [3.05, 3.63) is 0 Å². The molecule has 0 amide bonds. The Morgan fingerprint density at radius 1 is 1.45 bits per heavy atom. The molecule has 0 unspecified atom stereocenters. The van der Waals surface area contributed by atoms with Crippen molar-refractivity contribution in [3.63, 3.8) is 0 Å². The zero-order valence-corrected chi connectivity index (χ0v) is 8.02. The Labute approximate surface area is 68.9 Å². The van der Waals surface area contributed by atoms with Crippen molar-refractivity contribution in [2.45, 2.75) is 26.7 Å². The van der Waals surface area contributed by atoms with Gasteiger partial charge in [0.2, 0.25) is 0 Å². The third-order valence-electron chi connectivity index (χ3n) is 2.13. The summed E-state index contributed by atoms with van der Waals surface area (Å²) < 4.78 is 22.0. The molecule has 1 atom stereocenters. The van der Waals surface area contributed by atoms with Crippen LogP contribution in [0.25, 0.3) is 0 Å². The lowest BCUT2D eigenvalue weighted by atomic mass is 9.97. The Morgan fingerprint density at radius 3 is 2.45 bits per heavy atom. The summed E-state index contributed by atoms with van der Waals surface area (Å²) >= 11 is 0. The molecule has 0 radical (unpaired) electrons. The maximum atomic E-state index is 11.0. The van der Waals surface area contributed by atoms with E-state index in [1.54, 1.807) is 0 Å². The number of hydrogen-bond donors (Lipinski definition) is 0. The lowest BCUT2D eigenvalue weighted by Gasteiger charge is -2.09. The summed E-state index contributed by atoms with van der Waals surface area (Å²) in [7, 11) is -2.64. The average molecular weight is 176 g/mol. The zero-order valence-electron chi connectivity index (χ0n) is 7.21. The highest BCUT2D eigenvalue weighted by Crippen LogP contribution is 2.24. The van der Waals surface area contributed by atoms with E-state index in [1.165, 1.54) is 0 Å². The van der Waals surface area contributed by atoms with Gasteiger partial charge in [0.1, 0.15) is 0 Å². The fraction of sp³-hybridized carbons (Fsp3) is 1.00. The zero-order chi connectivity index (χ0) is 8.48. The fourth-order valence-corrected chi connectivity index (χ4v) is 3.60. The molecular weight excluding hydrogens is 160 g/mol. The Kier molecular flexibility index (Phi) is 2.58. The van der Waals surface area contributed by atoms with E-state index in [1.807, 2.05) is 0 Å². The van der Waals surface area contributed by atoms with Gasteiger partial charge in [-0.3, -0.25) is 0 Å². The predicted octanol–water partition coefficient (Wildman–Crippen LogP) is 1.47. The minimum atomic E-state index is -2.64. The maximum absolute atomic E-state index is 11.0. The van der Waals surface area contributed by atoms with E-state index in [0.717, 1.165) is 12.8 Å². The molecule has 0 saturated carbocycles. The van der Waals surface area contributed by atoms with Crippen LogP contribution in [0.5, 0.6) is 0 Å². The molecule has 1 fully saturated rings. The number of rotatable bonds is 2.